The van der Waals surface area contributed by atoms with Gasteiger partial charge in [0.25, 0.3) is 5.91 Å². The third kappa shape index (κ3) is 5.71. The number of thioether (sulfide) groups is 1. The Kier molecular flexibility index (Phi) is 7.80. The van der Waals surface area contributed by atoms with Crippen LogP contribution in [0, 0.1) is 0 Å². The molecular weight excluding hydrogens is 434 g/mol. The highest BCUT2D eigenvalue weighted by molar-refractivity contribution is 8.01. The summed E-state index contributed by atoms with van der Waals surface area (Å²) in [5, 5.41) is 6.16. The van der Waals surface area contributed by atoms with Gasteiger partial charge in [-0.3, -0.25) is 9.59 Å². The van der Waals surface area contributed by atoms with E-state index in [1.54, 1.807) is 24.3 Å². The number of ether oxygens (including phenoxy) is 1. The van der Waals surface area contributed by atoms with E-state index in [2.05, 4.69) is 15.6 Å². The molecule has 0 bridgehead atoms. The molecule has 160 valence electrons. The van der Waals surface area contributed by atoms with Crippen molar-refractivity contribution in [3.8, 4) is 11.3 Å². The van der Waals surface area contributed by atoms with Crippen molar-refractivity contribution < 1.29 is 19.1 Å². The van der Waals surface area contributed by atoms with Crippen LogP contribution in [-0.4, -0.2) is 42.2 Å². The minimum atomic E-state index is -0.587. The fourth-order valence-electron chi connectivity index (χ4n) is 2.75. The van der Waals surface area contributed by atoms with E-state index < -0.39 is 11.9 Å². The Morgan fingerprint density at radius 2 is 1.71 bits per heavy atom. The molecule has 0 saturated carbocycles. The summed E-state index contributed by atoms with van der Waals surface area (Å²) in [6, 6.07) is 15.9. The number of nitrogens with one attached hydrogen (secondary N) is 2. The molecule has 2 N–H and O–H groups in total. The zero-order chi connectivity index (χ0) is 22.2. The van der Waals surface area contributed by atoms with E-state index in [9.17, 15) is 14.4 Å². The molecule has 0 fully saturated rings. The number of amides is 2. The topological polar surface area (TPSA) is 97.4 Å². The average molecular weight is 456 g/mol. The number of hydrogen-bond acceptors (Lipinski definition) is 7. The molecule has 0 radical (unpaired) electrons. The van der Waals surface area contributed by atoms with Crippen LogP contribution in [-0.2, 0) is 9.53 Å². The first-order chi connectivity index (χ1) is 15.0. The van der Waals surface area contributed by atoms with Gasteiger partial charge in [0.2, 0.25) is 5.91 Å². The predicted molar refractivity (Wildman–Crippen MR) is 123 cm³/mol. The van der Waals surface area contributed by atoms with Gasteiger partial charge in [0.1, 0.15) is 10.7 Å². The monoisotopic (exact) mass is 455 g/mol. The fourth-order valence-corrected chi connectivity index (χ4v) is 4.64. The highest BCUT2D eigenvalue weighted by Crippen LogP contribution is 2.37. The van der Waals surface area contributed by atoms with E-state index in [4.69, 9.17) is 4.74 Å². The first-order valence-corrected chi connectivity index (χ1v) is 11.3. The Labute approximate surface area is 188 Å². The van der Waals surface area contributed by atoms with E-state index in [-0.39, 0.29) is 22.8 Å². The standard InChI is InChI=1S/C22H21N3O4S2/c1-3-23-17(26)13-30-22-24-18(14-9-5-4-6-10-14)20(31-22)25-19(27)15-11-7-8-12-16(15)21(28)29-2/h4-12H,3,13H2,1-2H3,(H,23,26)(H,25,27). The van der Waals surface area contributed by atoms with E-state index in [0.29, 0.717) is 21.6 Å². The van der Waals surface area contributed by atoms with Gasteiger partial charge in [-0.25, -0.2) is 9.78 Å². The number of nitrogens with zero attached hydrogens (tertiary/aromatic N) is 1. The van der Waals surface area contributed by atoms with Gasteiger partial charge >= 0.3 is 5.97 Å². The lowest BCUT2D eigenvalue weighted by Gasteiger charge is -2.09. The third-order valence-corrected chi connectivity index (χ3v) is 6.27. The van der Waals surface area contributed by atoms with Crippen LogP contribution < -0.4 is 10.6 Å². The van der Waals surface area contributed by atoms with E-state index in [1.165, 1.54) is 30.2 Å². The molecule has 2 amide bonds. The first kappa shape index (κ1) is 22.5. The molecule has 1 heterocycles. The molecule has 0 aliphatic carbocycles. The molecule has 31 heavy (non-hydrogen) atoms. The van der Waals surface area contributed by atoms with Gasteiger partial charge in [0.05, 0.1) is 24.0 Å². The number of carbonyl (C=O) groups excluding carboxylic acids is 3. The summed E-state index contributed by atoms with van der Waals surface area (Å²) in [6.07, 6.45) is 0. The molecule has 3 aromatic rings. The minimum Gasteiger partial charge on any atom is -0.465 e. The summed E-state index contributed by atoms with van der Waals surface area (Å²) >= 11 is 2.58. The molecule has 2 aromatic carbocycles. The van der Waals surface area contributed by atoms with Crippen LogP contribution in [0.2, 0.25) is 0 Å². The van der Waals surface area contributed by atoms with Gasteiger partial charge in [0, 0.05) is 12.1 Å². The molecule has 0 atom stereocenters. The maximum Gasteiger partial charge on any atom is 0.338 e. The molecule has 3 rings (SSSR count). The van der Waals surface area contributed by atoms with Crippen LogP contribution in [0.4, 0.5) is 5.00 Å². The van der Waals surface area contributed by atoms with E-state index in [1.807, 2.05) is 37.3 Å². The van der Waals surface area contributed by atoms with Crippen LogP contribution in [0.15, 0.2) is 58.9 Å². The normalized spacial score (nSPS) is 10.4. The number of aromatic nitrogens is 1. The van der Waals surface area contributed by atoms with Crippen molar-refractivity contribution in [2.75, 3.05) is 24.7 Å². The first-order valence-electron chi connectivity index (χ1n) is 9.48. The highest BCUT2D eigenvalue weighted by Gasteiger charge is 2.21. The smallest absolute Gasteiger partial charge is 0.338 e. The average Bonchev–Trinajstić information content (AvgIpc) is 3.20. The fraction of sp³-hybridized carbons (Fsp3) is 0.182. The third-order valence-electron chi connectivity index (χ3n) is 4.16. The summed E-state index contributed by atoms with van der Waals surface area (Å²) < 4.78 is 5.43. The number of anilines is 1. The molecule has 7 nitrogen and oxygen atoms in total. The van der Waals surface area contributed by atoms with Gasteiger partial charge in [0.15, 0.2) is 4.34 Å². The number of rotatable bonds is 8. The highest BCUT2D eigenvalue weighted by atomic mass is 32.2. The van der Waals surface area contributed by atoms with Crippen molar-refractivity contribution in [3.05, 3.63) is 65.7 Å². The molecule has 0 spiro atoms. The largest absolute Gasteiger partial charge is 0.465 e. The van der Waals surface area contributed by atoms with Crippen LogP contribution in [0.5, 0.6) is 0 Å². The van der Waals surface area contributed by atoms with Crippen molar-refractivity contribution in [2.45, 2.75) is 11.3 Å². The summed E-state index contributed by atoms with van der Waals surface area (Å²) in [7, 11) is 1.27. The molecule has 1 aromatic heterocycles. The second-order valence-corrected chi connectivity index (χ2v) is 8.48. The van der Waals surface area contributed by atoms with E-state index >= 15 is 0 Å². The van der Waals surface area contributed by atoms with Gasteiger partial charge in [-0.05, 0) is 19.1 Å². The number of benzene rings is 2. The van der Waals surface area contributed by atoms with Gasteiger partial charge < -0.3 is 15.4 Å². The summed E-state index contributed by atoms with van der Waals surface area (Å²) in [6.45, 7) is 2.42. The quantitative estimate of drug-likeness (QED) is 0.392. The second kappa shape index (κ2) is 10.7. The maximum atomic E-state index is 13.0. The van der Waals surface area contributed by atoms with Crippen LogP contribution in [0.1, 0.15) is 27.6 Å². The molecule has 0 saturated heterocycles. The lowest BCUT2D eigenvalue weighted by atomic mass is 10.1. The Bertz CT molecular complexity index is 1080. The summed E-state index contributed by atoms with van der Waals surface area (Å²) in [5.41, 5.74) is 1.82. The SMILES string of the molecule is CCNC(=O)CSc1nc(-c2ccccc2)c(NC(=O)c2ccccc2C(=O)OC)s1. The van der Waals surface area contributed by atoms with Crippen LogP contribution in [0.25, 0.3) is 11.3 Å². The predicted octanol–water partition coefficient (Wildman–Crippen LogP) is 4.08. The zero-order valence-corrected chi connectivity index (χ0v) is 18.6. The Morgan fingerprint density at radius 3 is 2.39 bits per heavy atom. The second-order valence-electron chi connectivity index (χ2n) is 6.26. The molecule has 9 heteroatoms. The van der Waals surface area contributed by atoms with Crippen LogP contribution in [0.3, 0.4) is 0 Å². The van der Waals surface area contributed by atoms with E-state index in [0.717, 1.165) is 5.56 Å². The Hall–Kier alpha value is -3.17. The Morgan fingerprint density at radius 1 is 1.03 bits per heavy atom. The van der Waals surface area contributed by atoms with Crippen molar-refractivity contribution in [1.82, 2.24) is 10.3 Å². The molecule has 0 unspecified atom stereocenters. The summed E-state index contributed by atoms with van der Waals surface area (Å²) in [5.74, 6) is -0.881. The summed E-state index contributed by atoms with van der Waals surface area (Å²) in [4.78, 5) is 41.5. The number of thiazole rings is 1. The van der Waals surface area contributed by atoms with Gasteiger partial charge in [-0.1, -0.05) is 65.6 Å². The Balaban J connectivity index is 1.90. The van der Waals surface area contributed by atoms with Crippen molar-refractivity contribution >= 4 is 45.9 Å². The maximum absolute atomic E-state index is 13.0. The lowest BCUT2D eigenvalue weighted by Crippen LogP contribution is -2.24. The number of methoxy groups -OCH3 is 1. The number of esters is 1. The van der Waals surface area contributed by atoms with Gasteiger partial charge in [-0.2, -0.15) is 0 Å². The molecule has 0 aliphatic heterocycles. The van der Waals surface area contributed by atoms with Crippen LogP contribution >= 0.6 is 23.1 Å². The van der Waals surface area contributed by atoms with Crippen molar-refractivity contribution in [3.63, 3.8) is 0 Å². The molecule has 0 aliphatic rings. The number of hydrogen-bond donors (Lipinski definition) is 2. The van der Waals surface area contributed by atoms with Crippen molar-refractivity contribution in [2.24, 2.45) is 0 Å². The number of carbonyl (C=O) groups is 3. The van der Waals surface area contributed by atoms with Crippen molar-refractivity contribution in [1.29, 1.82) is 0 Å². The van der Waals surface area contributed by atoms with Gasteiger partial charge in [-0.15, -0.1) is 0 Å². The zero-order valence-electron chi connectivity index (χ0n) is 17.0. The molecular formula is C22H21N3O4S2. The lowest BCUT2D eigenvalue weighted by molar-refractivity contribution is -0.118. The minimum absolute atomic E-state index is 0.0819.